The molecule has 0 spiro atoms. The first-order valence-electron chi connectivity index (χ1n) is 13.3. The van der Waals surface area contributed by atoms with E-state index < -0.39 is 0 Å². The summed E-state index contributed by atoms with van der Waals surface area (Å²) in [6.07, 6.45) is 10.1. The molecule has 36 heavy (non-hydrogen) atoms. The summed E-state index contributed by atoms with van der Waals surface area (Å²) in [4.78, 5) is 15.3. The number of fused-ring (bicyclic) bond motifs is 1. The number of halogens is 1. The maximum absolute atomic E-state index is 15.2. The third-order valence-corrected chi connectivity index (χ3v) is 7.90. The summed E-state index contributed by atoms with van der Waals surface area (Å²) >= 11 is 0. The molecular weight excluding hydrogens is 457 g/mol. The van der Waals surface area contributed by atoms with Crippen LogP contribution in [0.1, 0.15) is 44.9 Å². The number of hydrogen-bond donors (Lipinski definition) is 1. The summed E-state index contributed by atoms with van der Waals surface area (Å²) in [5, 5.41) is 5.14. The molecule has 2 atom stereocenters. The fourth-order valence-electron chi connectivity index (χ4n) is 5.93. The van der Waals surface area contributed by atoms with Gasteiger partial charge in [0.05, 0.1) is 17.5 Å². The van der Waals surface area contributed by atoms with Crippen molar-refractivity contribution in [1.29, 1.82) is 0 Å². The summed E-state index contributed by atoms with van der Waals surface area (Å²) in [7, 11) is 0. The second kappa shape index (κ2) is 10.2. The van der Waals surface area contributed by atoms with Gasteiger partial charge in [-0.3, -0.25) is 9.36 Å². The molecule has 1 aromatic heterocycles. The van der Waals surface area contributed by atoms with Crippen LogP contribution < -0.4 is 20.5 Å². The van der Waals surface area contributed by atoms with Gasteiger partial charge in [-0.05, 0) is 73.9 Å². The fourth-order valence-corrected chi connectivity index (χ4v) is 5.93. The maximum Gasteiger partial charge on any atom is 0.262 e. The van der Waals surface area contributed by atoms with Crippen molar-refractivity contribution < 1.29 is 13.9 Å². The number of ether oxygens (including phenoxy) is 2. The van der Waals surface area contributed by atoms with Crippen LogP contribution in [-0.4, -0.2) is 49.1 Å². The van der Waals surface area contributed by atoms with Gasteiger partial charge in [0.2, 0.25) is 0 Å². The van der Waals surface area contributed by atoms with Gasteiger partial charge in [0.1, 0.15) is 18.2 Å². The average Bonchev–Trinajstić information content (AvgIpc) is 3.67. The van der Waals surface area contributed by atoms with E-state index in [4.69, 9.17) is 9.47 Å². The Hall–Kier alpha value is -2.90. The fraction of sp³-hybridized carbons (Fsp3) is 0.483. The van der Waals surface area contributed by atoms with Gasteiger partial charge in [-0.2, -0.15) is 0 Å². The maximum atomic E-state index is 15.2. The highest BCUT2D eigenvalue weighted by Crippen LogP contribution is 2.28. The van der Waals surface area contributed by atoms with E-state index in [0.717, 1.165) is 50.1 Å². The van der Waals surface area contributed by atoms with Crippen LogP contribution in [0.25, 0.3) is 16.5 Å². The highest BCUT2D eigenvalue weighted by molar-refractivity contribution is 5.83. The zero-order valence-electron chi connectivity index (χ0n) is 20.6. The van der Waals surface area contributed by atoms with Crippen LogP contribution in [-0.2, 0) is 4.74 Å². The number of rotatable bonds is 7. The van der Waals surface area contributed by atoms with Crippen molar-refractivity contribution in [3.8, 4) is 11.4 Å². The van der Waals surface area contributed by atoms with Gasteiger partial charge >= 0.3 is 0 Å². The molecule has 7 heteroatoms. The van der Waals surface area contributed by atoms with Gasteiger partial charge in [-0.15, -0.1) is 0 Å². The molecule has 1 N–H and O–H groups in total. The quantitative estimate of drug-likeness (QED) is 0.515. The van der Waals surface area contributed by atoms with Gasteiger partial charge in [0, 0.05) is 49.4 Å². The number of aromatic nitrogens is 1. The number of hydrogen-bond acceptors (Lipinski definition) is 5. The normalized spacial score (nSPS) is 22.6. The number of nitrogens with zero attached hydrogens (tertiary/aromatic N) is 2. The Balaban J connectivity index is 1.17. The molecule has 1 saturated carbocycles. The van der Waals surface area contributed by atoms with Crippen LogP contribution in [0.4, 0.5) is 10.1 Å². The number of pyridine rings is 1. The zero-order valence-corrected chi connectivity index (χ0v) is 20.6. The molecule has 6 nitrogen and oxygen atoms in total. The molecule has 1 aliphatic carbocycles. The zero-order chi connectivity index (χ0) is 24.5. The van der Waals surface area contributed by atoms with E-state index in [2.05, 4.69) is 10.2 Å². The standard InChI is InChI=1S/C29H34FN3O3/c30-27-17-23(7-10-28(27)32-13-12-22(18-32)31-21-4-1-2-5-21)33-14-11-20-16-24(8-9-26(20)29(33)34)36-19-25-6-3-15-35-25/h7-11,14,16-17,21-22,25,31H,1-6,12-13,15,18-19H2/t22?,25-/m1/s1. The number of nitrogens with one attached hydrogen (secondary N) is 1. The highest BCUT2D eigenvalue weighted by atomic mass is 19.1. The van der Waals surface area contributed by atoms with Gasteiger partial charge in [-0.1, -0.05) is 12.8 Å². The predicted octanol–water partition coefficient (Wildman–Crippen LogP) is 4.80. The van der Waals surface area contributed by atoms with Crippen molar-refractivity contribution in [2.75, 3.05) is 31.2 Å². The SMILES string of the molecule is O=c1c2ccc(OC[C@H]3CCCO3)cc2ccn1-c1ccc(N2CCC(NC3CCCC3)C2)c(F)c1. The smallest absolute Gasteiger partial charge is 0.262 e. The summed E-state index contributed by atoms with van der Waals surface area (Å²) in [5.74, 6) is 0.427. The van der Waals surface area contributed by atoms with Crippen LogP contribution >= 0.6 is 0 Å². The predicted molar refractivity (Wildman–Crippen MR) is 140 cm³/mol. The van der Waals surface area contributed by atoms with E-state index in [9.17, 15) is 4.79 Å². The Bertz CT molecular complexity index is 1280. The van der Waals surface area contributed by atoms with E-state index >= 15 is 4.39 Å². The summed E-state index contributed by atoms with van der Waals surface area (Å²) in [6, 6.07) is 13.5. The van der Waals surface area contributed by atoms with E-state index in [1.807, 2.05) is 24.3 Å². The second-order valence-electron chi connectivity index (χ2n) is 10.4. The third kappa shape index (κ3) is 4.87. The molecular formula is C29H34FN3O3. The third-order valence-electron chi connectivity index (χ3n) is 7.90. The summed E-state index contributed by atoms with van der Waals surface area (Å²) in [5.41, 5.74) is 0.963. The van der Waals surface area contributed by atoms with Crippen molar-refractivity contribution >= 4 is 16.5 Å². The van der Waals surface area contributed by atoms with E-state index in [0.29, 0.717) is 35.5 Å². The topological polar surface area (TPSA) is 55.7 Å². The molecule has 6 rings (SSSR count). The van der Waals surface area contributed by atoms with Crippen LogP contribution in [0, 0.1) is 5.82 Å². The lowest BCUT2D eigenvalue weighted by Crippen LogP contribution is -2.38. The Morgan fingerprint density at radius 2 is 1.89 bits per heavy atom. The van der Waals surface area contributed by atoms with Gasteiger partial charge in [-0.25, -0.2) is 4.39 Å². The van der Waals surface area contributed by atoms with E-state index in [1.165, 1.54) is 36.3 Å². The minimum absolute atomic E-state index is 0.140. The van der Waals surface area contributed by atoms with Crippen molar-refractivity contribution in [3.63, 3.8) is 0 Å². The van der Waals surface area contributed by atoms with Gasteiger partial charge < -0.3 is 19.7 Å². The van der Waals surface area contributed by atoms with E-state index in [1.54, 1.807) is 18.3 Å². The van der Waals surface area contributed by atoms with E-state index in [-0.39, 0.29) is 17.5 Å². The second-order valence-corrected chi connectivity index (χ2v) is 10.4. The number of benzene rings is 2. The number of anilines is 1. The van der Waals surface area contributed by atoms with Crippen LogP contribution in [0.15, 0.2) is 53.5 Å². The van der Waals surface area contributed by atoms with Crippen LogP contribution in [0.2, 0.25) is 0 Å². The summed E-state index contributed by atoms with van der Waals surface area (Å²) < 4.78 is 28.2. The molecule has 3 aliphatic rings. The largest absolute Gasteiger partial charge is 0.491 e. The Morgan fingerprint density at radius 1 is 1.00 bits per heavy atom. The van der Waals surface area contributed by atoms with Gasteiger partial charge in [0.25, 0.3) is 5.56 Å². The molecule has 0 radical (unpaired) electrons. The first-order chi connectivity index (χ1) is 17.6. The van der Waals surface area contributed by atoms with Gasteiger partial charge in [0.15, 0.2) is 0 Å². The molecule has 3 aromatic rings. The van der Waals surface area contributed by atoms with Crippen molar-refractivity contribution in [1.82, 2.24) is 9.88 Å². The first kappa shape index (κ1) is 23.5. The average molecular weight is 492 g/mol. The molecule has 2 saturated heterocycles. The highest BCUT2D eigenvalue weighted by Gasteiger charge is 2.27. The van der Waals surface area contributed by atoms with Crippen molar-refractivity contribution in [2.45, 2.75) is 63.1 Å². The Morgan fingerprint density at radius 3 is 2.69 bits per heavy atom. The molecule has 1 unspecified atom stereocenters. The molecule has 2 aromatic carbocycles. The molecule has 0 amide bonds. The minimum atomic E-state index is -0.293. The van der Waals surface area contributed by atoms with Crippen molar-refractivity contribution in [3.05, 3.63) is 64.8 Å². The molecule has 190 valence electrons. The summed E-state index contributed by atoms with van der Waals surface area (Å²) in [6.45, 7) is 2.97. The lowest BCUT2D eigenvalue weighted by atomic mass is 10.1. The molecule has 3 fully saturated rings. The first-order valence-corrected chi connectivity index (χ1v) is 13.3. The lowest BCUT2D eigenvalue weighted by Gasteiger charge is -2.22. The lowest BCUT2D eigenvalue weighted by molar-refractivity contribution is 0.0680. The Labute approximate surface area is 211 Å². The van der Waals surface area contributed by atoms with Crippen molar-refractivity contribution in [2.24, 2.45) is 0 Å². The molecule has 3 heterocycles. The van der Waals surface area contributed by atoms with Crippen LogP contribution in [0.5, 0.6) is 5.75 Å². The molecule has 2 aliphatic heterocycles. The monoisotopic (exact) mass is 491 g/mol. The Kier molecular flexibility index (Phi) is 6.67. The van der Waals surface area contributed by atoms with Crippen LogP contribution in [0.3, 0.4) is 0 Å². The minimum Gasteiger partial charge on any atom is -0.491 e. The molecule has 0 bridgehead atoms.